The van der Waals surface area contributed by atoms with Gasteiger partial charge < -0.3 is 4.74 Å². The molecule has 0 unspecified atom stereocenters. The van der Waals surface area contributed by atoms with E-state index in [2.05, 4.69) is 5.32 Å². The van der Waals surface area contributed by atoms with Crippen molar-refractivity contribution >= 4 is 29.1 Å². The topological polar surface area (TPSA) is 72.5 Å². The van der Waals surface area contributed by atoms with Gasteiger partial charge >= 0.3 is 5.97 Å². The fraction of sp³-hybridized carbons (Fsp3) is 0.632. The predicted molar refractivity (Wildman–Crippen MR) is 95.6 cm³/mol. The molecule has 1 saturated carbocycles. The highest BCUT2D eigenvalue weighted by molar-refractivity contribution is 7.14. The van der Waals surface area contributed by atoms with Gasteiger partial charge in [0.05, 0.1) is 0 Å². The van der Waals surface area contributed by atoms with Crippen molar-refractivity contribution in [3.63, 3.8) is 0 Å². The zero-order valence-corrected chi connectivity index (χ0v) is 15.3. The molecule has 6 heteroatoms. The molecule has 3 rings (SSSR count). The number of rotatable bonds is 4. The molecule has 0 aromatic carbocycles. The molecule has 0 radical (unpaired) electrons. The standard InChI is InChI=1S/C19H25NO4S/c21-17(20-18(22)13-7-3-1-4-8-13)12-24-19(23)16-11-14-9-5-2-6-10-15(14)25-16/h11,13H,1-10,12H2,(H,20,21,22). The first-order chi connectivity index (χ1) is 12.1. The molecular formula is C19H25NO4S. The van der Waals surface area contributed by atoms with Crippen LogP contribution in [0.2, 0.25) is 0 Å². The first-order valence-electron chi connectivity index (χ1n) is 9.26. The van der Waals surface area contributed by atoms with E-state index in [9.17, 15) is 14.4 Å². The van der Waals surface area contributed by atoms with E-state index in [0.29, 0.717) is 4.88 Å². The second-order valence-electron chi connectivity index (χ2n) is 6.94. The van der Waals surface area contributed by atoms with Crippen molar-refractivity contribution in [1.82, 2.24) is 5.32 Å². The fourth-order valence-corrected chi connectivity index (χ4v) is 4.76. The SMILES string of the molecule is O=C(COC(=O)c1cc2c(s1)CCCCC2)NC(=O)C1CCCCC1. The molecular weight excluding hydrogens is 338 g/mol. The summed E-state index contributed by atoms with van der Waals surface area (Å²) in [6, 6.07) is 1.90. The number of hydrogen-bond donors (Lipinski definition) is 1. The van der Waals surface area contributed by atoms with Gasteiger partial charge in [-0.3, -0.25) is 14.9 Å². The first kappa shape index (κ1) is 18.1. The number of nitrogens with one attached hydrogen (secondary N) is 1. The minimum atomic E-state index is -0.540. The molecule has 1 fully saturated rings. The summed E-state index contributed by atoms with van der Waals surface area (Å²) in [5.41, 5.74) is 1.24. The van der Waals surface area contributed by atoms with Gasteiger partial charge in [-0.15, -0.1) is 11.3 Å². The van der Waals surface area contributed by atoms with Crippen molar-refractivity contribution in [3.8, 4) is 0 Å². The highest BCUT2D eigenvalue weighted by Gasteiger charge is 2.23. The number of aryl methyl sites for hydroxylation is 2. The third-order valence-electron chi connectivity index (χ3n) is 5.02. The van der Waals surface area contributed by atoms with Crippen molar-refractivity contribution in [2.75, 3.05) is 6.61 Å². The smallest absolute Gasteiger partial charge is 0.348 e. The molecule has 0 aliphatic heterocycles. The van der Waals surface area contributed by atoms with Crippen LogP contribution < -0.4 is 5.32 Å². The summed E-state index contributed by atoms with van der Waals surface area (Å²) in [6.45, 7) is -0.403. The van der Waals surface area contributed by atoms with Gasteiger partial charge in [0.2, 0.25) is 5.91 Å². The Kier molecular flexibility index (Phi) is 6.24. The van der Waals surface area contributed by atoms with Crippen LogP contribution in [0.15, 0.2) is 6.07 Å². The molecule has 136 valence electrons. The number of fused-ring (bicyclic) bond motifs is 1. The normalized spacial score (nSPS) is 18.1. The van der Waals surface area contributed by atoms with Crippen LogP contribution in [-0.4, -0.2) is 24.4 Å². The van der Waals surface area contributed by atoms with Gasteiger partial charge in [-0.1, -0.05) is 25.7 Å². The first-order valence-corrected chi connectivity index (χ1v) is 10.1. The van der Waals surface area contributed by atoms with Crippen molar-refractivity contribution in [2.24, 2.45) is 5.92 Å². The highest BCUT2D eigenvalue weighted by Crippen LogP contribution is 2.29. The summed E-state index contributed by atoms with van der Waals surface area (Å²) in [5.74, 6) is -1.33. The summed E-state index contributed by atoms with van der Waals surface area (Å²) in [6.07, 6.45) is 10.5. The Labute approximate surface area is 152 Å². The Morgan fingerprint density at radius 3 is 2.56 bits per heavy atom. The van der Waals surface area contributed by atoms with Gasteiger partial charge in [0.15, 0.2) is 6.61 Å². The Balaban J connectivity index is 1.47. The van der Waals surface area contributed by atoms with Gasteiger partial charge in [-0.25, -0.2) is 4.79 Å². The number of imide groups is 1. The molecule has 1 aromatic heterocycles. The van der Waals surface area contributed by atoms with Gasteiger partial charge in [-0.05, 0) is 50.2 Å². The maximum atomic E-state index is 12.2. The maximum Gasteiger partial charge on any atom is 0.348 e. The monoisotopic (exact) mass is 363 g/mol. The molecule has 0 atom stereocenters. The molecule has 1 heterocycles. The van der Waals surface area contributed by atoms with E-state index in [1.165, 1.54) is 28.2 Å². The highest BCUT2D eigenvalue weighted by atomic mass is 32.1. The van der Waals surface area contributed by atoms with Crippen molar-refractivity contribution in [1.29, 1.82) is 0 Å². The molecule has 0 spiro atoms. The number of amides is 2. The Hall–Kier alpha value is -1.69. The van der Waals surface area contributed by atoms with E-state index in [1.54, 1.807) is 0 Å². The largest absolute Gasteiger partial charge is 0.451 e. The Bertz CT molecular complexity index is 622. The second-order valence-corrected chi connectivity index (χ2v) is 8.08. The van der Waals surface area contributed by atoms with Crippen LogP contribution >= 0.6 is 11.3 Å². The number of carbonyl (C=O) groups excluding carboxylic acids is 3. The maximum absolute atomic E-state index is 12.2. The Morgan fingerprint density at radius 2 is 1.76 bits per heavy atom. The summed E-state index contributed by atoms with van der Waals surface area (Å²) in [7, 11) is 0. The van der Waals surface area contributed by atoms with E-state index < -0.39 is 18.5 Å². The summed E-state index contributed by atoms with van der Waals surface area (Å²) >= 11 is 1.47. The van der Waals surface area contributed by atoms with E-state index in [-0.39, 0.29) is 11.8 Å². The molecule has 0 bridgehead atoms. The quantitative estimate of drug-likeness (QED) is 0.657. The lowest BCUT2D eigenvalue weighted by Crippen LogP contribution is -2.38. The fourth-order valence-electron chi connectivity index (χ4n) is 3.61. The lowest BCUT2D eigenvalue weighted by atomic mass is 9.89. The van der Waals surface area contributed by atoms with E-state index in [1.807, 2.05) is 6.07 Å². The molecule has 1 N–H and O–H groups in total. The zero-order valence-electron chi connectivity index (χ0n) is 14.5. The van der Waals surface area contributed by atoms with Gasteiger partial charge in [0.1, 0.15) is 4.88 Å². The van der Waals surface area contributed by atoms with Crippen LogP contribution in [0.25, 0.3) is 0 Å². The lowest BCUT2D eigenvalue weighted by Gasteiger charge is -2.20. The Morgan fingerprint density at radius 1 is 1.04 bits per heavy atom. The number of thiophene rings is 1. The van der Waals surface area contributed by atoms with Crippen LogP contribution in [0, 0.1) is 5.92 Å². The van der Waals surface area contributed by atoms with Crippen LogP contribution in [0.1, 0.15) is 71.5 Å². The van der Waals surface area contributed by atoms with Crippen LogP contribution in [0.5, 0.6) is 0 Å². The lowest BCUT2D eigenvalue weighted by molar-refractivity contribution is -0.135. The number of ether oxygens (including phenoxy) is 1. The summed E-state index contributed by atoms with van der Waals surface area (Å²) in [5, 5.41) is 2.36. The number of carbonyl (C=O) groups is 3. The minimum Gasteiger partial charge on any atom is -0.451 e. The third-order valence-corrected chi connectivity index (χ3v) is 6.24. The molecule has 1 aromatic rings. The van der Waals surface area contributed by atoms with Gasteiger partial charge in [-0.2, -0.15) is 0 Å². The summed E-state index contributed by atoms with van der Waals surface area (Å²) in [4.78, 5) is 37.9. The molecule has 0 saturated heterocycles. The van der Waals surface area contributed by atoms with Gasteiger partial charge in [0.25, 0.3) is 5.91 Å². The van der Waals surface area contributed by atoms with Crippen LogP contribution in [-0.2, 0) is 27.2 Å². The minimum absolute atomic E-state index is 0.0821. The average Bonchev–Trinajstić information content (AvgIpc) is 2.91. The third kappa shape index (κ3) is 4.91. The number of esters is 1. The second kappa shape index (κ2) is 8.61. The number of hydrogen-bond acceptors (Lipinski definition) is 5. The van der Waals surface area contributed by atoms with E-state index in [4.69, 9.17) is 4.74 Å². The van der Waals surface area contributed by atoms with Gasteiger partial charge in [0, 0.05) is 10.8 Å². The predicted octanol–water partition coefficient (Wildman–Crippen LogP) is 3.40. The van der Waals surface area contributed by atoms with Crippen LogP contribution in [0.4, 0.5) is 0 Å². The molecule has 2 aliphatic carbocycles. The average molecular weight is 363 g/mol. The van der Waals surface area contributed by atoms with Crippen molar-refractivity contribution in [2.45, 2.75) is 64.2 Å². The zero-order chi connectivity index (χ0) is 17.6. The van der Waals surface area contributed by atoms with Crippen LogP contribution in [0.3, 0.4) is 0 Å². The summed E-state index contributed by atoms with van der Waals surface area (Å²) < 4.78 is 5.09. The molecule has 2 aliphatic rings. The van der Waals surface area contributed by atoms with E-state index in [0.717, 1.165) is 57.8 Å². The molecule has 25 heavy (non-hydrogen) atoms. The van der Waals surface area contributed by atoms with Crippen molar-refractivity contribution < 1.29 is 19.1 Å². The van der Waals surface area contributed by atoms with Crippen molar-refractivity contribution in [3.05, 3.63) is 21.4 Å². The molecule has 5 nitrogen and oxygen atoms in total. The van der Waals surface area contributed by atoms with E-state index >= 15 is 0 Å². The molecule has 2 amide bonds.